The van der Waals surface area contributed by atoms with Crippen LogP contribution in [0.3, 0.4) is 0 Å². The van der Waals surface area contributed by atoms with Gasteiger partial charge in [0.25, 0.3) is 0 Å². The number of aliphatic imine (C=N–C) groups is 1. The maximum Gasteiger partial charge on any atom is 0.191 e. The lowest BCUT2D eigenvalue weighted by molar-refractivity contribution is 0.764. The Morgan fingerprint density at radius 3 is 2.71 bits per heavy atom. The molecule has 1 saturated carbocycles. The molecule has 3 rings (SSSR count). The van der Waals surface area contributed by atoms with Gasteiger partial charge in [-0.25, -0.2) is 9.67 Å². The third kappa shape index (κ3) is 3.78. The van der Waals surface area contributed by atoms with Crippen LogP contribution in [0.15, 0.2) is 35.3 Å². The lowest BCUT2D eigenvalue weighted by Crippen LogP contribution is -2.39. The number of nitrogens with one attached hydrogen (secondary N) is 2. The number of hydrogen-bond donors (Lipinski definition) is 2. The van der Waals surface area contributed by atoms with Crippen LogP contribution in [0.5, 0.6) is 0 Å². The zero-order valence-electron chi connectivity index (χ0n) is 15.0. The van der Waals surface area contributed by atoms with Gasteiger partial charge in [0.05, 0.1) is 17.9 Å². The van der Waals surface area contributed by atoms with Crippen LogP contribution in [-0.2, 0) is 6.54 Å². The highest BCUT2D eigenvalue weighted by molar-refractivity contribution is 5.80. The topological polar surface area (TPSA) is 54.2 Å². The lowest BCUT2D eigenvalue weighted by Gasteiger charge is -2.13. The third-order valence-corrected chi connectivity index (χ3v) is 4.41. The van der Waals surface area contributed by atoms with E-state index in [0.717, 1.165) is 35.5 Å². The van der Waals surface area contributed by atoms with E-state index in [2.05, 4.69) is 60.8 Å². The minimum Gasteiger partial charge on any atom is -0.357 e. The first-order chi connectivity index (χ1) is 11.6. The molecule has 1 heterocycles. The van der Waals surface area contributed by atoms with Crippen LogP contribution < -0.4 is 10.6 Å². The summed E-state index contributed by atoms with van der Waals surface area (Å²) in [5.74, 6) is 1.64. The molecule has 0 spiro atoms. The second-order valence-corrected chi connectivity index (χ2v) is 6.63. The summed E-state index contributed by atoms with van der Waals surface area (Å²) in [6, 6.07) is 11.0. The first-order valence-corrected chi connectivity index (χ1v) is 8.75. The molecular formula is C19H27N5. The highest BCUT2D eigenvalue weighted by Gasteiger charge is 2.33. The molecule has 128 valence electrons. The molecule has 2 N–H and O–H groups in total. The summed E-state index contributed by atoms with van der Waals surface area (Å²) in [5, 5.41) is 11.4. The summed E-state index contributed by atoms with van der Waals surface area (Å²) < 4.78 is 2.00. The van der Waals surface area contributed by atoms with Crippen molar-refractivity contribution in [3.8, 4) is 5.69 Å². The average molecular weight is 325 g/mol. The van der Waals surface area contributed by atoms with Crippen LogP contribution >= 0.6 is 0 Å². The number of hydrogen-bond acceptors (Lipinski definition) is 2. The van der Waals surface area contributed by atoms with Gasteiger partial charge in [-0.1, -0.05) is 25.1 Å². The minimum absolute atomic E-state index is 0.564. The van der Waals surface area contributed by atoms with Crippen molar-refractivity contribution >= 4 is 5.96 Å². The number of benzene rings is 1. The molecule has 2 atom stereocenters. The maximum atomic E-state index is 4.77. The number of rotatable bonds is 5. The molecule has 24 heavy (non-hydrogen) atoms. The quantitative estimate of drug-likeness (QED) is 0.656. The molecule has 1 aromatic heterocycles. The Hall–Kier alpha value is -2.30. The fraction of sp³-hybridized carbons (Fsp3) is 0.474. The number of nitrogens with zero attached hydrogens (tertiary/aromatic N) is 3. The van der Waals surface area contributed by atoms with Gasteiger partial charge >= 0.3 is 0 Å². The van der Waals surface area contributed by atoms with Crippen molar-refractivity contribution in [2.45, 2.75) is 46.7 Å². The number of para-hydroxylation sites is 1. The van der Waals surface area contributed by atoms with E-state index in [1.807, 2.05) is 17.7 Å². The van der Waals surface area contributed by atoms with Crippen molar-refractivity contribution in [1.29, 1.82) is 0 Å². The molecule has 0 aliphatic heterocycles. The first-order valence-electron chi connectivity index (χ1n) is 8.75. The number of guanidine groups is 1. The molecule has 0 radical (unpaired) electrons. The summed E-state index contributed by atoms with van der Waals surface area (Å²) in [6.07, 6.45) is 1.23. The van der Waals surface area contributed by atoms with Crippen molar-refractivity contribution in [2.75, 3.05) is 6.54 Å². The molecule has 1 aliphatic rings. The van der Waals surface area contributed by atoms with E-state index in [9.17, 15) is 0 Å². The predicted molar refractivity (Wildman–Crippen MR) is 98.6 cm³/mol. The monoisotopic (exact) mass is 325 g/mol. The Balaban J connectivity index is 1.81. The summed E-state index contributed by atoms with van der Waals surface area (Å²) in [6.45, 7) is 9.96. The van der Waals surface area contributed by atoms with Gasteiger partial charge in [0.1, 0.15) is 0 Å². The largest absolute Gasteiger partial charge is 0.357 e. The van der Waals surface area contributed by atoms with Crippen molar-refractivity contribution in [3.63, 3.8) is 0 Å². The molecule has 2 aromatic rings. The van der Waals surface area contributed by atoms with Gasteiger partial charge in [0.2, 0.25) is 0 Å². The Bertz CT molecular complexity index is 731. The van der Waals surface area contributed by atoms with Gasteiger partial charge in [0.15, 0.2) is 5.96 Å². The number of aromatic nitrogens is 2. The molecule has 0 bridgehead atoms. The van der Waals surface area contributed by atoms with E-state index in [1.54, 1.807) is 0 Å². The standard InChI is InChI=1S/C19H27N5/c1-5-20-19(22-17-10-13(17)2)21-12-16-8-6-7-9-18(16)24-15(4)11-14(3)23-24/h6-9,11,13,17H,5,10,12H2,1-4H3,(H2,20,21,22). The molecule has 1 aromatic carbocycles. The molecule has 1 aliphatic carbocycles. The zero-order valence-corrected chi connectivity index (χ0v) is 15.0. The van der Waals surface area contributed by atoms with Crippen LogP contribution in [0, 0.1) is 19.8 Å². The molecule has 0 amide bonds. The van der Waals surface area contributed by atoms with E-state index in [4.69, 9.17) is 4.99 Å². The zero-order chi connectivity index (χ0) is 17.1. The van der Waals surface area contributed by atoms with Crippen molar-refractivity contribution in [1.82, 2.24) is 20.4 Å². The predicted octanol–water partition coefficient (Wildman–Crippen LogP) is 2.95. The second kappa shape index (κ2) is 7.07. The van der Waals surface area contributed by atoms with Gasteiger partial charge < -0.3 is 10.6 Å². The Labute approximate surface area is 144 Å². The normalized spacial score (nSPS) is 20.1. The highest BCUT2D eigenvalue weighted by Crippen LogP contribution is 2.28. The average Bonchev–Trinajstić information content (AvgIpc) is 3.14. The second-order valence-electron chi connectivity index (χ2n) is 6.63. The van der Waals surface area contributed by atoms with Crippen LogP contribution in [0.4, 0.5) is 0 Å². The Morgan fingerprint density at radius 2 is 2.08 bits per heavy atom. The van der Waals surface area contributed by atoms with E-state index >= 15 is 0 Å². The van der Waals surface area contributed by atoms with Gasteiger partial charge in [-0.05, 0) is 50.8 Å². The fourth-order valence-corrected chi connectivity index (χ4v) is 2.91. The summed E-state index contributed by atoms with van der Waals surface area (Å²) in [7, 11) is 0. The van der Waals surface area contributed by atoms with Gasteiger partial charge in [0, 0.05) is 18.3 Å². The van der Waals surface area contributed by atoms with Crippen LogP contribution in [0.1, 0.15) is 37.2 Å². The molecule has 0 saturated heterocycles. The van der Waals surface area contributed by atoms with Crippen molar-refractivity contribution in [3.05, 3.63) is 47.3 Å². The highest BCUT2D eigenvalue weighted by atomic mass is 15.3. The smallest absolute Gasteiger partial charge is 0.191 e. The molecule has 2 unspecified atom stereocenters. The van der Waals surface area contributed by atoms with E-state index in [1.165, 1.54) is 12.0 Å². The van der Waals surface area contributed by atoms with E-state index < -0.39 is 0 Å². The van der Waals surface area contributed by atoms with Crippen molar-refractivity contribution < 1.29 is 0 Å². The van der Waals surface area contributed by atoms with E-state index in [0.29, 0.717) is 12.6 Å². The number of aryl methyl sites for hydroxylation is 2. The minimum atomic E-state index is 0.564. The Kier molecular flexibility index (Phi) is 4.88. The van der Waals surface area contributed by atoms with Crippen molar-refractivity contribution in [2.24, 2.45) is 10.9 Å². The fourth-order valence-electron chi connectivity index (χ4n) is 2.91. The van der Waals surface area contributed by atoms with Crippen LogP contribution in [0.2, 0.25) is 0 Å². The molecule has 5 nitrogen and oxygen atoms in total. The van der Waals surface area contributed by atoms with Gasteiger partial charge in [-0.15, -0.1) is 0 Å². The summed E-state index contributed by atoms with van der Waals surface area (Å²) in [4.78, 5) is 4.77. The maximum absolute atomic E-state index is 4.77. The van der Waals surface area contributed by atoms with Gasteiger partial charge in [-0.2, -0.15) is 5.10 Å². The van der Waals surface area contributed by atoms with E-state index in [-0.39, 0.29) is 0 Å². The van der Waals surface area contributed by atoms with Crippen LogP contribution in [0.25, 0.3) is 5.69 Å². The lowest BCUT2D eigenvalue weighted by atomic mass is 10.2. The summed E-state index contributed by atoms with van der Waals surface area (Å²) in [5.41, 5.74) is 4.44. The SMILES string of the molecule is CCNC(=NCc1ccccc1-n1nc(C)cc1C)NC1CC1C. The molecule has 5 heteroatoms. The Morgan fingerprint density at radius 1 is 1.33 bits per heavy atom. The summed E-state index contributed by atoms with van der Waals surface area (Å²) >= 11 is 0. The van der Waals surface area contributed by atoms with Crippen LogP contribution in [-0.4, -0.2) is 28.3 Å². The van der Waals surface area contributed by atoms with Gasteiger partial charge in [-0.3, -0.25) is 0 Å². The molecule has 1 fully saturated rings. The first kappa shape index (κ1) is 16.6. The third-order valence-electron chi connectivity index (χ3n) is 4.41. The molecular weight excluding hydrogens is 298 g/mol.